The van der Waals surface area contributed by atoms with Crippen LogP contribution in [0.1, 0.15) is 55.1 Å². The molecular formula is C13H20O3S. The van der Waals surface area contributed by atoms with Crippen LogP contribution in [0.15, 0.2) is 6.07 Å². The molecule has 0 fully saturated rings. The highest BCUT2D eigenvalue weighted by Crippen LogP contribution is 2.36. The summed E-state index contributed by atoms with van der Waals surface area (Å²) >= 11 is 1.31. The van der Waals surface area contributed by atoms with Crippen LogP contribution in [0.25, 0.3) is 0 Å². The lowest BCUT2D eigenvalue weighted by Gasteiger charge is -2.14. The van der Waals surface area contributed by atoms with Crippen LogP contribution in [-0.4, -0.2) is 17.7 Å². The van der Waals surface area contributed by atoms with Gasteiger partial charge >= 0.3 is 5.97 Å². The van der Waals surface area contributed by atoms with E-state index in [0.29, 0.717) is 17.2 Å². The Balaban J connectivity index is 2.94. The average Bonchev–Trinajstić information content (AvgIpc) is 2.61. The van der Waals surface area contributed by atoms with Crippen molar-refractivity contribution in [3.8, 4) is 5.75 Å². The van der Waals surface area contributed by atoms with Crippen LogP contribution in [0.5, 0.6) is 5.75 Å². The topological polar surface area (TPSA) is 46.5 Å². The van der Waals surface area contributed by atoms with Gasteiger partial charge in [0.05, 0.1) is 6.61 Å². The van der Waals surface area contributed by atoms with E-state index >= 15 is 0 Å². The fourth-order valence-electron chi connectivity index (χ4n) is 1.33. The zero-order valence-electron chi connectivity index (χ0n) is 10.9. The molecule has 0 aliphatic heterocycles. The van der Waals surface area contributed by atoms with Gasteiger partial charge in [0.2, 0.25) is 0 Å². The van der Waals surface area contributed by atoms with Crippen molar-refractivity contribution < 1.29 is 14.6 Å². The van der Waals surface area contributed by atoms with Crippen molar-refractivity contribution in [3.05, 3.63) is 15.8 Å². The van der Waals surface area contributed by atoms with E-state index in [4.69, 9.17) is 9.84 Å². The molecule has 1 aromatic heterocycles. The lowest BCUT2D eigenvalue weighted by molar-refractivity contribution is 0.0698. The molecule has 0 aliphatic carbocycles. The van der Waals surface area contributed by atoms with Crippen molar-refractivity contribution in [3.63, 3.8) is 0 Å². The normalized spacial score (nSPS) is 11.5. The Hall–Kier alpha value is -1.03. The molecule has 0 aliphatic rings. The second-order valence-electron chi connectivity index (χ2n) is 5.06. The van der Waals surface area contributed by atoms with Gasteiger partial charge in [0.15, 0.2) is 4.88 Å². The Morgan fingerprint density at radius 1 is 1.47 bits per heavy atom. The third-order valence-electron chi connectivity index (χ3n) is 2.39. The van der Waals surface area contributed by atoms with E-state index in [1.807, 2.05) is 6.07 Å². The fraction of sp³-hybridized carbons (Fsp3) is 0.615. The summed E-state index contributed by atoms with van der Waals surface area (Å²) < 4.78 is 5.54. The maximum Gasteiger partial charge on any atom is 0.349 e. The van der Waals surface area contributed by atoms with Crippen molar-refractivity contribution in [1.82, 2.24) is 0 Å². The van der Waals surface area contributed by atoms with Gasteiger partial charge in [-0.25, -0.2) is 4.79 Å². The minimum atomic E-state index is -0.906. The molecule has 1 aromatic rings. The van der Waals surface area contributed by atoms with E-state index in [2.05, 4.69) is 27.7 Å². The second kappa shape index (κ2) is 5.54. The standard InChI is InChI=1S/C13H20O3S/c1-5-6-7-16-9-8-10(13(2,3)4)17-11(9)12(14)15/h8H,5-7H2,1-4H3,(H,14,15). The first-order chi connectivity index (χ1) is 7.86. The summed E-state index contributed by atoms with van der Waals surface area (Å²) in [5.74, 6) is -0.391. The van der Waals surface area contributed by atoms with Crippen LogP contribution >= 0.6 is 11.3 Å². The van der Waals surface area contributed by atoms with Gasteiger partial charge in [-0.3, -0.25) is 0 Å². The summed E-state index contributed by atoms with van der Waals surface area (Å²) in [5, 5.41) is 9.13. The monoisotopic (exact) mass is 256 g/mol. The Morgan fingerprint density at radius 3 is 2.59 bits per heavy atom. The first kappa shape index (κ1) is 14.0. The van der Waals surface area contributed by atoms with Crippen molar-refractivity contribution in [2.45, 2.75) is 46.0 Å². The van der Waals surface area contributed by atoms with Gasteiger partial charge in [-0.1, -0.05) is 34.1 Å². The number of unbranched alkanes of at least 4 members (excludes halogenated alkanes) is 1. The molecular weight excluding hydrogens is 236 g/mol. The summed E-state index contributed by atoms with van der Waals surface area (Å²) in [4.78, 5) is 12.5. The van der Waals surface area contributed by atoms with Gasteiger partial charge in [0, 0.05) is 4.88 Å². The Morgan fingerprint density at radius 2 is 2.12 bits per heavy atom. The first-order valence-electron chi connectivity index (χ1n) is 5.86. The summed E-state index contributed by atoms with van der Waals surface area (Å²) in [7, 11) is 0. The highest BCUT2D eigenvalue weighted by molar-refractivity contribution is 7.14. The van der Waals surface area contributed by atoms with Gasteiger partial charge in [0.1, 0.15) is 5.75 Å². The molecule has 1 N–H and O–H groups in total. The predicted octanol–water partition coefficient (Wildman–Crippen LogP) is 3.92. The number of hydrogen-bond donors (Lipinski definition) is 1. The Labute approximate surface area is 106 Å². The molecule has 4 heteroatoms. The lowest BCUT2D eigenvalue weighted by Crippen LogP contribution is -2.08. The molecule has 0 saturated heterocycles. The zero-order chi connectivity index (χ0) is 13.1. The Bertz CT molecular complexity index is 388. The molecule has 0 aromatic carbocycles. The van der Waals surface area contributed by atoms with Gasteiger partial charge in [-0.05, 0) is 17.9 Å². The number of aromatic carboxylic acids is 1. The minimum absolute atomic E-state index is 0.0404. The molecule has 0 saturated carbocycles. The quantitative estimate of drug-likeness (QED) is 0.812. The molecule has 0 bridgehead atoms. The summed E-state index contributed by atoms with van der Waals surface area (Å²) in [6.45, 7) is 8.87. The van der Waals surface area contributed by atoms with Crippen LogP contribution < -0.4 is 4.74 Å². The molecule has 0 unspecified atom stereocenters. The molecule has 1 rings (SSSR count). The molecule has 0 amide bonds. The summed E-state index contributed by atoms with van der Waals surface area (Å²) in [5.41, 5.74) is -0.0404. The van der Waals surface area contributed by atoms with Crippen molar-refractivity contribution >= 4 is 17.3 Å². The van der Waals surface area contributed by atoms with E-state index in [0.717, 1.165) is 17.7 Å². The number of ether oxygens (including phenoxy) is 1. The number of rotatable bonds is 5. The lowest BCUT2D eigenvalue weighted by atomic mass is 9.95. The van der Waals surface area contributed by atoms with Crippen LogP contribution in [0.2, 0.25) is 0 Å². The maximum absolute atomic E-state index is 11.1. The van der Waals surface area contributed by atoms with Crippen LogP contribution in [-0.2, 0) is 5.41 Å². The number of hydrogen-bond acceptors (Lipinski definition) is 3. The van der Waals surface area contributed by atoms with Crippen molar-refractivity contribution in [1.29, 1.82) is 0 Å². The van der Waals surface area contributed by atoms with Gasteiger partial charge in [0.25, 0.3) is 0 Å². The van der Waals surface area contributed by atoms with Crippen LogP contribution in [0, 0.1) is 0 Å². The third kappa shape index (κ3) is 3.73. The van der Waals surface area contributed by atoms with E-state index in [1.165, 1.54) is 11.3 Å². The van der Waals surface area contributed by atoms with Crippen LogP contribution in [0.3, 0.4) is 0 Å². The predicted molar refractivity (Wildman–Crippen MR) is 70.4 cm³/mol. The highest BCUT2D eigenvalue weighted by atomic mass is 32.1. The molecule has 3 nitrogen and oxygen atoms in total. The second-order valence-corrected chi connectivity index (χ2v) is 6.11. The molecule has 1 heterocycles. The minimum Gasteiger partial charge on any atom is -0.492 e. The summed E-state index contributed by atoms with van der Waals surface area (Å²) in [6, 6.07) is 1.86. The number of carboxylic acid groups (broad SMARTS) is 1. The maximum atomic E-state index is 11.1. The average molecular weight is 256 g/mol. The molecule has 0 radical (unpaired) electrons. The number of carbonyl (C=O) groups is 1. The van der Waals surface area contributed by atoms with E-state index in [9.17, 15) is 4.79 Å². The van der Waals surface area contributed by atoms with E-state index in [-0.39, 0.29) is 5.41 Å². The van der Waals surface area contributed by atoms with E-state index in [1.54, 1.807) is 0 Å². The highest BCUT2D eigenvalue weighted by Gasteiger charge is 2.23. The molecule has 17 heavy (non-hydrogen) atoms. The number of thiophene rings is 1. The van der Waals surface area contributed by atoms with Crippen molar-refractivity contribution in [2.24, 2.45) is 0 Å². The van der Waals surface area contributed by atoms with Gasteiger partial charge in [-0.15, -0.1) is 11.3 Å². The third-order valence-corrected chi connectivity index (χ3v) is 3.92. The number of carboxylic acids is 1. The molecule has 0 atom stereocenters. The molecule has 0 spiro atoms. The zero-order valence-corrected chi connectivity index (χ0v) is 11.7. The van der Waals surface area contributed by atoms with Crippen molar-refractivity contribution in [2.75, 3.05) is 6.61 Å². The SMILES string of the molecule is CCCCOc1cc(C(C)(C)C)sc1C(=O)O. The van der Waals surface area contributed by atoms with E-state index < -0.39 is 5.97 Å². The smallest absolute Gasteiger partial charge is 0.349 e. The first-order valence-corrected chi connectivity index (χ1v) is 6.68. The largest absolute Gasteiger partial charge is 0.492 e. The summed E-state index contributed by atoms with van der Waals surface area (Å²) in [6.07, 6.45) is 1.98. The van der Waals surface area contributed by atoms with Gasteiger partial charge < -0.3 is 9.84 Å². The Kier molecular flexibility index (Phi) is 4.57. The fourth-order valence-corrected chi connectivity index (χ4v) is 2.32. The van der Waals surface area contributed by atoms with Crippen LogP contribution in [0.4, 0.5) is 0 Å². The van der Waals surface area contributed by atoms with Gasteiger partial charge in [-0.2, -0.15) is 0 Å². The molecule has 96 valence electrons.